The summed E-state index contributed by atoms with van der Waals surface area (Å²) in [4.78, 5) is -0.0411. The van der Waals surface area contributed by atoms with Gasteiger partial charge in [0.1, 0.15) is 5.69 Å². The van der Waals surface area contributed by atoms with Gasteiger partial charge in [-0.05, 0) is 35.7 Å². The van der Waals surface area contributed by atoms with E-state index in [4.69, 9.17) is 10.3 Å². The van der Waals surface area contributed by atoms with Crippen LogP contribution in [0.4, 0.5) is 17.1 Å². The summed E-state index contributed by atoms with van der Waals surface area (Å²) in [6.45, 7) is -0.691. The number of hydrogen-bond donors (Lipinski definition) is 2. The van der Waals surface area contributed by atoms with E-state index in [1.807, 2.05) is 30.3 Å². The molecule has 11 heteroatoms. The first kappa shape index (κ1) is 20.9. The fourth-order valence-corrected chi connectivity index (χ4v) is 4.06. The van der Waals surface area contributed by atoms with Crippen molar-refractivity contribution in [2.45, 2.75) is 4.90 Å². The number of anilines is 1. The maximum atomic E-state index is 12.2. The lowest BCUT2D eigenvalue weighted by atomic mass is 10.1. The second kappa shape index (κ2) is 8.25. The molecule has 0 aliphatic rings. The van der Waals surface area contributed by atoms with Crippen LogP contribution in [-0.4, -0.2) is 33.7 Å². The van der Waals surface area contributed by atoms with Crippen LogP contribution < -0.4 is 5.73 Å². The fraction of sp³-hybridized carbons (Fsp3) is 0.111. The van der Waals surface area contributed by atoms with E-state index in [1.165, 1.54) is 24.3 Å². The van der Waals surface area contributed by atoms with Crippen molar-refractivity contribution in [2.75, 3.05) is 18.1 Å². The molecule has 0 fully saturated rings. The van der Waals surface area contributed by atoms with Gasteiger partial charge in [0.05, 0.1) is 28.6 Å². The smallest absolute Gasteiger partial charge is 0.396 e. The Morgan fingerprint density at radius 3 is 2.28 bits per heavy atom. The summed E-state index contributed by atoms with van der Waals surface area (Å²) in [6, 6.07) is 16.8. The molecule has 3 aromatic carbocycles. The van der Waals surface area contributed by atoms with Crippen LogP contribution in [0.15, 0.2) is 75.8 Å². The molecule has 0 spiro atoms. The van der Waals surface area contributed by atoms with E-state index in [0.29, 0.717) is 17.1 Å². The molecule has 3 N–H and O–H groups in total. The molecule has 0 bridgehead atoms. The molecule has 3 rings (SSSR count). The Balaban J connectivity index is 1.74. The predicted octanol–water partition coefficient (Wildman–Crippen LogP) is 3.43. The van der Waals surface area contributed by atoms with Crippen LogP contribution in [0.2, 0.25) is 0 Å². The summed E-state index contributed by atoms with van der Waals surface area (Å²) >= 11 is 0. The second-order valence-corrected chi connectivity index (χ2v) is 9.18. The van der Waals surface area contributed by atoms with Crippen LogP contribution >= 0.6 is 0 Å². The molecule has 0 aliphatic carbocycles. The third-order valence-electron chi connectivity index (χ3n) is 4.00. The third-order valence-corrected chi connectivity index (χ3v) is 6.16. The lowest BCUT2D eigenvalue weighted by Crippen LogP contribution is -2.15. The quantitative estimate of drug-likeness (QED) is 0.328. The van der Waals surface area contributed by atoms with Crippen LogP contribution in [-0.2, 0) is 24.4 Å². The monoisotopic (exact) mass is 435 g/mol. The molecule has 0 heterocycles. The SMILES string of the molecule is Nc1c(N=Nc2ccc(S(=O)(=O)CCOS(=O)(=O)O)cc2)ccc2ccccc12. The van der Waals surface area contributed by atoms with Crippen molar-refractivity contribution < 1.29 is 25.6 Å². The zero-order valence-electron chi connectivity index (χ0n) is 15.0. The van der Waals surface area contributed by atoms with Crippen molar-refractivity contribution in [1.82, 2.24) is 0 Å². The highest BCUT2D eigenvalue weighted by molar-refractivity contribution is 7.91. The van der Waals surface area contributed by atoms with Gasteiger partial charge in [-0.1, -0.05) is 30.3 Å². The van der Waals surface area contributed by atoms with E-state index >= 15 is 0 Å². The number of rotatable bonds is 7. The number of fused-ring (bicyclic) bond motifs is 1. The summed E-state index contributed by atoms with van der Waals surface area (Å²) in [7, 11) is -8.48. The molecule has 0 atom stereocenters. The molecule has 0 saturated carbocycles. The summed E-state index contributed by atoms with van der Waals surface area (Å²) in [5.41, 5.74) is 7.52. The van der Waals surface area contributed by atoms with E-state index in [-0.39, 0.29) is 4.90 Å². The highest BCUT2D eigenvalue weighted by Crippen LogP contribution is 2.32. The number of benzene rings is 3. The summed E-state index contributed by atoms with van der Waals surface area (Å²) in [6.07, 6.45) is 0. The number of sulfone groups is 1. The van der Waals surface area contributed by atoms with E-state index in [0.717, 1.165) is 10.8 Å². The van der Waals surface area contributed by atoms with Crippen LogP contribution in [0.5, 0.6) is 0 Å². The Morgan fingerprint density at radius 1 is 0.897 bits per heavy atom. The molecule has 0 saturated heterocycles. The Morgan fingerprint density at radius 2 is 1.59 bits per heavy atom. The summed E-state index contributed by atoms with van der Waals surface area (Å²) in [5.74, 6) is -0.610. The minimum absolute atomic E-state index is 0.0411. The minimum Gasteiger partial charge on any atom is -0.396 e. The van der Waals surface area contributed by atoms with Crippen LogP contribution in [0.1, 0.15) is 0 Å². The normalized spacial score (nSPS) is 12.6. The van der Waals surface area contributed by atoms with Gasteiger partial charge in [0.15, 0.2) is 9.84 Å². The van der Waals surface area contributed by atoms with E-state index < -0.39 is 32.6 Å². The third kappa shape index (κ3) is 5.35. The first-order chi connectivity index (χ1) is 13.7. The molecule has 0 radical (unpaired) electrons. The van der Waals surface area contributed by atoms with Crippen molar-refractivity contribution in [2.24, 2.45) is 10.2 Å². The Bertz CT molecular complexity index is 1270. The molecule has 9 nitrogen and oxygen atoms in total. The fourth-order valence-electron chi connectivity index (χ4n) is 2.57. The summed E-state index contributed by atoms with van der Waals surface area (Å²) < 4.78 is 57.8. The van der Waals surface area contributed by atoms with E-state index in [2.05, 4.69) is 14.4 Å². The summed E-state index contributed by atoms with van der Waals surface area (Å²) in [5, 5.41) is 10.0. The number of hydrogen-bond acceptors (Lipinski definition) is 8. The highest BCUT2D eigenvalue weighted by Gasteiger charge is 2.16. The van der Waals surface area contributed by atoms with Crippen LogP contribution in [0, 0.1) is 0 Å². The molecular formula is C18H17N3O6S2. The highest BCUT2D eigenvalue weighted by atomic mass is 32.3. The lowest BCUT2D eigenvalue weighted by Gasteiger charge is -2.05. The van der Waals surface area contributed by atoms with Gasteiger partial charge in [-0.25, -0.2) is 12.6 Å². The molecule has 0 aliphatic heterocycles. The van der Waals surface area contributed by atoms with E-state index in [9.17, 15) is 16.8 Å². The molecule has 0 unspecified atom stereocenters. The van der Waals surface area contributed by atoms with Gasteiger partial charge in [-0.15, -0.1) is 5.11 Å². The van der Waals surface area contributed by atoms with Gasteiger partial charge < -0.3 is 5.73 Å². The zero-order valence-corrected chi connectivity index (χ0v) is 16.6. The Labute approximate surface area is 167 Å². The predicted molar refractivity (Wildman–Crippen MR) is 109 cm³/mol. The first-order valence-electron chi connectivity index (χ1n) is 8.29. The Hall–Kier alpha value is -2.86. The molecule has 0 aromatic heterocycles. The average molecular weight is 435 g/mol. The number of nitrogens with zero attached hydrogens (tertiary/aromatic N) is 2. The maximum absolute atomic E-state index is 12.2. The van der Waals surface area contributed by atoms with Crippen molar-refractivity contribution >= 4 is 48.1 Å². The van der Waals surface area contributed by atoms with Gasteiger partial charge in [-0.2, -0.15) is 13.5 Å². The van der Waals surface area contributed by atoms with Gasteiger partial charge >= 0.3 is 10.4 Å². The minimum atomic E-state index is -4.69. The molecule has 0 amide bonds. The maximum Gasteiger partial charge on any atom is 0.397 e. The van der Waals surface area contributed by atoms with Gasteiger partial charge in [-0.3, -0.25) is 4.55 Å². The first-order valence-corrected chi connectivity index (χ1v) is 11.3. The second-order valence-electron chi connectivity index (χ2n) is 5.98. The van der Waals surface area contributed by atoms with Crippen LogP contribution in [0.3, 0.4) is 0 Å². The van der Waals surface area contributed by atoms with Crippen molar-refractivity contribution in [3.63, 3.8) is 0 Å². The van der Waals surface area contributed by atoms with Crippen molar-refractivity contribution in [1.29, 1.82) is 0 Å². The molecule has 3 aromatic rings. The molecule has 152 valence electrons. The van der Waals surface area contributed by atoms with Gasteiger partial charge in [0.25, 0.3) is 0 Å². The van der Waals surface area contributed by atoms with Crippen molar-refractivity contribution in [3.05, 3.63) is 60.7 Å². The van der Waals surface area contributed by atoms with Crippen molar-refractivity contribution in [3.8, 4) is 0 Å². The average Bonchev–Trinajstić information content (AvgIpc) is 2.67. The standard InChI is InChI=1S/C18H17N3O6S2/c19-18-16-4-2-1-3-13(16)5-10-17(18)21-20-14-6-8-15(9-7-14)28(22,23)12-11-27-29(24,25)26/h1-10H,11-12,19H2,(H,24,25,26). The van der Waals surface area contributed by atoms with Gasteiger partial charge in [0, 0.05) is 5.39 Å². The number of azo groups is 1. The number of nitrogens with two attached hydrogens (primary N) is 1. The largest absolute Gasteiger partial charge is 0.397 e. The zero-order chi connectivity index (χ0) is 21.1. The number of nitrogen functional groups attached to an aromatic ring is 1. The van der Waals surface area contributed by atoms with E-state index in [1.54, 1.807) is 6.07 Å². The topological polar surface area (TPSA) is 148 Å². The molecular weight excluding hydrogens is 418 g/mol. The van der Waals surface area contributed by atoms with Gasteiger partial charge in [0.2, 0.25) is 0 Å². The lowest BCUT2D eigenvalue weighted by molar-refractivity contribution is 0.284. The Kier molecular flexibility index (Phi) is 5.94. The van der Waals surface area contributed by atoms with Crippen LogP contribution in [0.25, 0.3) is 10.8 Å². The molecule has 29 heavy (non-hydrogen) atoms.